The van der Waals surface area contributed by atoms with E-state index < -0.39 is 11.9 Å². The quantitative estimate of drug-likeness (QED) is 0.327. The number of carboxylic acid groups (broad SMARTS) is 2. The summed E-state index contributed by atoms with van der Waals surface area (Å²) in [4.78, 5) is 28.9. The average Bonchev–Trinajstić information content (AvgIpc) is 2.18. The normalized spacial score (nSPS) is 7.56. The number of aliphatic carboxylic acids is 2. The Hall–Kier alpha value is -2.37. The minimum absolute atomic E-state index is 0.329. The van der Waals surface area contributed by atoms with Crippen LogP contribution >= 0.6 is 0 Å². The Bertz CT molecular complexity index is 250. The molecule has 0 bridgehead atoms. The number of carbonyl (C=O) groups excluding carboxylic acids is 1. The molecule has 2 N–H and O–H groups in total. The van der Waals surface area contributed by atoms with Crippen LogP contribution in [0.3, 0.4) is 0 Å². The van der Waals surface area contributed by atoms with Crippen LogP contribution in [0.15, 0.2) is 38.2 Å². The van der Waals surface area contributed by atoms with Crippen molar-refractivity contribution in [3.63, 3.8) is 0 Å². The van der Waals surface area contributed by atoms with Crippen molar-refractivity contribution >= 4 is 17.9 Å². The van der Waals surface area contributed by atoms with Crippen molar-refractivity contribution in [1.82, 2.24) is 0 Å². The number of carboxylic acids is 2. The van der Waals surface area contributed by atoms with Gasteiger partial charge in [-0.15, -0.1) is 13.2 Å². The highest BCUT2D eigenvalue weighted by Gasteiger charge is 1.88. The molecule has 6 nitrogen and oxygen atoms in total. The highest BCUT2D eigenvalue weighted by atomic mass is 16.5. The first-order valence-corrected chi connectivity index (χ1v) is 3.82. The van der Waals surface area contributed by atoms with Crippen LogP contribution in [0.1, 0.15) is 6.92 Å². The average molecular weight is 230 g/mol. The van der Waals surface area contributed by atoms with Gasteiger partial charge in [-0.05, 0) is 0 Å². The smallest absolute Gasteiger partial charge is 0.328 e. The zero-order valence-corrected chi connectivity index (χ0v) is 8.88. The lowest BCUT2D eigenvalue weighted by Crippen LogP contribution is -1.91. The largest absolute Gasteiger partial charge is 0.478 e. The zero-order valence-electron chi connectivity index (χ0n) is 8.88. The molecule has 0 rings (SSSR count). The summed E-state index contributed by atoms with van der Waals surface area (Å²) < 4.78 is 4.17. The maximum absolute atomic E-state index is 9.75. The van der Waals surface area contributed by atoms with Gasteiger partial charge in [0.05, 0.1) is 6.26 Å². The van der Waals surface area contributed by atoms with E-state index >= 15 is 0 Å². The van der Waals surface area contributed by atoms with Crippen molar-refractivity contribution in [2.24, 2.45) is 0 Å². The van der Waals surface area contributed by atoms with Crippen molar-refractivity contribution in [3.8, 4) is 0 Å². The second-order valence-corrected chi connectivity index (χ2v) is 1.79. The molecule has 0 atom stereocenters. The van der Waals surface area contributed by atoms with E-state index in [1.807, 2.05) is 0 Å². The molecule has 0 unspecified atom stereocenters. The summed E-state index contributed by atoms with van der Waals surface area (Å²) >= 11 is 0. The van der Waals surface area contributed by atoms with Gasteiger partial charge in [0.1, 0.15) is 0 Å². The van der Waals surface area contributed by atoms with Gasteiger partial charge in [-0.3, -0.25) is 4.79 Å². The Morgan fingerprint density at radius 3 is 1.44 bits per heavy atom. The number of esters is 1. The van der Waals surface area contributed by atoms with Crippen LogP contribution in [0, 0.1) is 0 Å². The summed E-state index contributed by atoms with van der Waals surface area (Å²) in [6.07, 6.45) is 2.22. The van der Waals surface area contributed by atoms with Gasteiger partial charge in [0.25, 0.3) is 0 Å². The topological polar surface area (TPSA) is 101 Å². The van der Waals surface area contributed by atoms with E-state index in [9.17, 15) is 14.4 Å². The van der Waals surface area contributed by atoms with E-state index in [4.69, 9.17) is 10.2 Å². The lowest BCUT2D eigenvalue weighted by atomic mass is 10.5. The molecule has 0 aromatic carbocycles. The molecule has 0 spiro atoms. The Kier molecular flexibility index (Phi) is 18.2. The van der Waals surface area contributed by atoms with Gasteiger partial charge in [0.15, 0.2) is 0 Å². The first-order valence-electron chi connectivity index (χ1n) is 3.82. The van der Waals surface area contributed by atoms with Crippen LogP contribution in [0.5, 0.6) is 0 Å². The first kappa shape index (κ1) is 19.2. The molecule has 0 aliphatic heterocycles. The Morgan fingerprint density at radius 1 is 1.06 bits per heavy atom. The molecule has 0 radical (unpaired) electrons. The summed E-state index contributed by atoms with van der Waals surface area (Å²) in [7, 11) is 0. The maximum Gasteiger partial charge on any atom is 0.328 e. The second-order valence-electron chi connectivity index (χ2n) is 1.79. The summed E-state index contributed by atoms with van der Waals surface area (Å²) in [6.45, 7) is 10.5. The fourth-order valence-electron chi connectivity index (χ4n) is 0.260. The fraction of sp³-hybridized carbons (Fsp3) is 0.100. The van der Waals surface area contributed by atoms with Crippen LogP contribution in [0.25, 0.3) is 0 Å². The number of carbonyl (C=O) groups is 3. The van der Waals surface area contributed by atoms with Gasteiger partial charge < -0.3 is 14.9 Å². The van der Waals surface area contributed by atoms with Crippen LogP contribution in [0.4, 0.5) is 0 Å². The lowest BCUT2D eigenvalue weighted by Gasteiger charge is -1.83. The molecule has 6 heteroatoms. The van der Waals surface area contributed by atoms with Crippen molar-refractivity contribution in [1.29, 1.82) is 0 Å². The van der Waals surface area contributed by atoms with Gasteiger partial charge in [0, 0.05) is 19.1 Å². The highest BCUT2D eigenvalue weighted by Crippen LogP contribution is 1.71. The lowest BCUT2D eigenvalue weighted by molar-refractivity contribution is -0.135. The van der Waals surface area contributed by atoms with Gasteiger partial charge in [-0.25, -0.2) is 9.59 Å². The minimum Gasteiger partial charge on any atom is -0.478 e. The Labute approximate surface area is 93.2 Å². The number of hydrogen-bond donors (Lipinski definition) is 2. The zero-order chi connectivity index (χ0) is 13.6. The summed E-state index contributed by atoms with van der Waals surface area (Å²) in [5.41, 5.74) is 0. The van der Waals surface area contributed by atoms with Gasteiger partial charge >= 0.3 is 17.9 Å². The van der Waals surface area contributed by atoms with E-state index in [2.05, 4.69) is 24.5 Å². The first-order chi connectivity index (χ1) is 7.40. The molecular weight excluding hydrogens is 216 g/mol. The third-order valence-electron chi connectivity index (χ3n) is 0.618. The van der Waals surface area contributed by atoms with Crippen LogP contribution in [-0.4, -0.2) is 28.1 Å². The van der Waals surface area contributed by atoms with E-state index in [1.165, 1.54) is 6.92 Å². The van der Waals surface area contributed by atoms with Gasteiger partial charge in [-0.1, -0.05) is 6.58 Å². The van der Waals surface area contributed by atoms with Gasteiger partial charge in [-0.2, -0.15) is 0 Å². The Morgan fingerprint density at radius 2 is 1.38 bits per heavy atom. The van der Waals surface area contributed by atoms with Crippen molar-refractivity contribution in [2.45, 2.75) is 6.92 Å². The molecule has 0 aromatic rings. The molecule has 90 valence electrons. The second kappa shape index (κ2) is 15.1. The summed E-state index contributed by atoms with van der Waals surface area (Å²) in [5.74, 6) is -2.84. The van der Waals surface area contributed by atoms with Gasteiger partial charge in [0.2, 0.25) is 0 Å². The molecule has 0 aliphatic carbocycles. The molecule has 0 amide bonds. The van der Waals surface area contributed by atoms with Crippen molar-refractivity contribution < 1.29 is 29.3 Å². The standard InChI is InChI=1S/C4H4O4.C4H6O2.C2H4/c5-3(6)1-2-4(7)8;1-3-6-4(2)5;1-2/h1-2H,(H,5,6)(H,7,8);3H,1H2,2H3;1-2H2. The molecule has 0 aromatic heterocycles. The van der Waals surface area contributed by atoms with Crippen LogP contribution in [-0.2, 0) is 19.1 Å². The molecule has 0 saturated heterocycles. The monoisotopic (exact) mass is 230 g/mol. The van der Waals surface area contributed by atoms with Crippen LogP contribution in [0.2, 0.25) is 0 Å². The van der Waals surface area contributed by atoms with E-state index in [-0.39, 0.29) is 5.97 Å². The molecule has 0 fully saturated rings. The van der Waals surface area contributed by atoms with E-state index in [0.29, 0.717) is 12.2 Å². The predicted octanol–water partition coefficient (Wildman–Crippen LogP) is 1.21. The van der Waals surface area contributed by atoms with Crippen molar-refractivity contribution in [3.05, 3.63) is 38.2 Å². The predicted molar refractivity (Wildman–Crippen MR) is 57.6 cm³/mol. The third-order valence-corrected chi connectivity index (χ3v) is 0.618. The summed E-state index contributed by atoms with van der Waals surface area (Å²) in [5, 5.41) is 15.6. The molecular formula is C10H14O6. The number of rotatable bonds is 3. The third kappa shape index (κ3) is 41.5. The molecule has 0 aliphatic rings. The molecule has 0 saturated carbocycles. The van der Waals surface area contributed by atoms with E-state index in [1.54, 1.807) is 0 Å². The minimum atomic E-state index is -1.26. The maximum atomic E-state index is 9.75. The number of hydrogen-bond acceptors (Lipinski definition) is 4. The van der Waals surface area contributed by atoms with E-state index in [0.717, 1.165) is 6.26 Å². The fourth-order valence-corrected chi connectivity index (χ4v) is 0.260. The number of ether oxygens (including phenoxy) is 1. The molecule has 16 heavy (non-hydrogen) atoms. The SMILES string of the molecule is C=C.C=COC(C)=O.O=C(O)C=CC(=O)O. The molecule has 0 heterocycles. The van der Waals surface area contributed by atoms with Crippen molar-refractivity contribution in [2.75, 3.05) is 0 Å². The highest BCUT2D eigenvalue weighted by molar-refractivity contribution is 5.89. The van der Waals surface area contributed by atoms with Crippen LogP contribution < -0.4 is 0 Å². The Balaban J connectivity index is -0.000000188. The summed E-state index contributed by atoms with van der Waals surface area (Å²) in [6, 6.07) is 0.